The van der Waals surface area contributed by atoms with E-state index in [2.05, 4.69) is 10.6 Å². The van der Waals surface area contributed by atoms with Crippen LogP contribution >= 0.6 is 0 Å². The fourth-order valence-electron chi connectivity index (χ4n) is 1.85. The predicted molar refractivity (Wildman–Crippen MR) is 93.2 cm³/mol. The fourth-order valence-corrected chi connectivity index (χ4v) is 1.85. The van der Waals surface area contributed by atoms with Crippen LogP contribution in [-0.4, -0.2) is 41.7 Å². The molecule has 6 nitrogen and oxygen atoms in total. The maximum absolute atomic E-state index is 11.6. The van der Waals surface area contributed by atoms with Crippen molar-refractivity contribution < 1.29 is 19.8 Å². The Hall–Kier alpha value is -2.60. The van der Waals surface area contributed by atoms with E-state index in [0.717, 1.165) is 18.4 Å². The molecule has 0 aliphatic carbocycles. The Morgan fingerprint density at radius 2 is 1.71 bits per heavy atom. The molecular weight excluding hydrogens is 308 g/mol. The number of nitrogens with one attached hydrogen (secondary N) is 2. The van der Waals surface area contributed by atoms with Crippen LogP contribution in [-0.2, 0) is 9.59 Å². The Balaban J connectivity index is 2.14. The molecule has 2 amide bonds. The van der Waals surface area contributed by atoms with Gasteiger partial charge in [0.05, 0.1) is 6.61 Å². The minimum absolute atomic E-state index is 0.150. The van der Waals surface area contributed by atoms with Gasteiger partial charge in [-0.2, -0.15) is 0 Å². The van der Waals surface area contributed by atoms with Gasteiger partial charge in [-0.3, -0.25) is 9.59 Å². The Bertz CT molecular complexity index is 592. The SMILES string of the molecule is C/C(=C\CO)C(=O)NCCCCNC(=O)/C=C/c1ccc(O)cc1. The number of unbranched alkanes of at least 4 members (excludes halogenated alkanes) is 1. The number of hydrogen-bond acceptors (Lipinski definition) is 4. The molecule has 1 aromatic carbocycles. The van der Waals surface area contributed by atoms with Crippen molar-refractivity contribution in [2.45, 2.75) is 19.8 Å². The highest BCUT2D eigenvalue weighted by Crippen LogP contribution is 2.10. The quantitative estimate of drug-likeness (QED) is 0.405. The van der Waals surface area contributed by atoms with Crippen molar-refractivity contribution in [1.29, 1.82) is 0 Å². The van der Waals surface area contributed by atoms with Gasteiger partial charge in [0.1, 0.15) is 5.75 Å². The molecule has 4 N–H and O–H groups in total. The van der Waals surface area contributed by atoms with E-state index in [1.54, 1.807) is 37.3 Å². The molecule has 6 heteroatoms. The lowest BCUT2D eigenvalue weighted by Crippen LogP contribution is -2.27. The summed E-state index contributed by atoms with van der Waals surface area (Å²) >= 11 is 0. The van der Waals surface area contributed by atoms with Gasteiger partial charge in [-0.15, -0.1) is 0 Å². The monoisotopic (exact) mass is 332 g/mol. The lowest BCUT2D eigenvalue weighted by Gasteiger charge is -2.05. The number of aromatic hydroxyl groups is 1. The first kappa shape index (κ1) is 19.4. The van der Waals surface area contributed by atoms with Crippen LogP contribution in [0.5, 0.6) is 5.75 Å². The van der Waals surface area contributed by atoms with E-state index >= 15 is 0 Å². The summed E-state index contributed by atoms with van der Waals surface area (Å²) in [4.78, 5) is 23.2. The van der Waals surface area contributed by atoms with Crippen molar-refractivity contribution in [3.63, 3.8) is 0 Å². The van der Waals surface area contributed by atoms with Crippen LogP contribution < -0.4 is 10.6 Å². The Morgan fingerprint density at radius 1 is 1.08 bits per heavy atom. The first-order valence-corrected chi connectivity index (χ1v) is 7.83. The number of carbonyl (C=O) groups excluding carboxylic acids is 2. The molecule has 0 bridgehead atoms. The van der Waals surface area contributed by atoms with E-state index in [1.165, 1.54) is 12.2 Å². The minimum Gasteiger partial charge on any atom is -0.508 e. The van der Waals surface area contributed by atoms with E-state index in [-0.39, 0.29) is 24.2 Å². The second-order valence-electron chi connectivity index (χ2n) is 5.25. The predicted octanol–water partition coefficient (Wildman–Crippen LogP) is 1.36. The number of carbonyl (C=O) groups is 2. The molecule has 0 heterocycles. The number of amides is 2. The fraction of sp³-hybridized carbons (Fsp3) is 0.333. The number of aliphatic hydroxyl groups excluding tert-OH is 1. The molecule has 1 rings (SSSR count). The first-order valence-electron chi connectivity index (χ1n) is 7.83. The number of benzene rings is 1. The highest BCUT2D eigenvalue weighted by atomic mass is 16.3. The van der Waals surface area contributed by atoms with Crippen molar-refractivity contribution in [3.8, 4) is 5.75 Å². The summed E-state index contributed by atoms with van der Waals surface area (Å²) in [6.45, 7) is 2.55. The number of phenols is 1. The molecule has 0 saturated heterocycles. The van der Waals surface area contributed by atoms with E-state index < -0.39 is 0 Å². The third kappa shape index (κ3) is 8.14. The summed E-state index contributed by atoms with van der Waals surface area (Å²) in [6.07, 6.45) is 6.07. The number of aliphatic hydroxyl groups is 1. The highest BCUT2D eigenvalue weighted by molar-refractivity contribution is 5.92. The average molecular weight is 332 g/mol. The number of phenolic OH excluding ortho intramolecular Hbond substituents is 1. The molecule has 0 atom stereocenters. The molecular formula is C18H24N2O4. The zero-order valence-corrected chi connectivity index (χ0v) is 13.8. The largest absolute Gasteiger partial charge is 0.508 e. The molecule has 0 aromatic heterocycles. The van der Waals surface area contributed by atoms with Gasteiger partial charge >= 0.3 is 0 Å². The zero-order chi connectivity index (χ0) is 17.8. The van der Waals surface area contributed by atoms with E-state index in [1.807, 2.05) is 0 Å². The summed E-state index contributed by atoms with van der Waals surface area (Å²) in [5.41, 5.74) is 1.32. The van der Waals surface area contributed by atoms with Gasteiger partial charge in [-0.1, -0.05) is 18.2 Å². The lowest BCUT2D eigenvalue weighted by molar-refractivity contribution is -0.118. The van der Waals surface area contributed by atoms with Gasteiger partial charge in [-0.05, 0) is 43.5 Å². The zero-order valence-electron chi connectivity index (χ0n) is 13.8. The molecule has 0 aliphatic heterocycles. The second-order valence-corrected chi connectivity index (χ2v) is 5.25. The topological polar surface area (TPSA) is 98.7 Å². The second kappa shape index (κ2) is 11.0. The molecule has 130 valence electrons. The molecule has 0 spiro atoms. The maximum Gasteiger partial charge on any atom is 0.246 e. The third-order valence-corrected chi connectivity index (χ3v) is 3.26. The van der Waals surface area contributed by atoms with Crippen LogP contribution in [0.4, 0.5) is 0 Å². The molecule has 0 aliphatic rings. The van der Waals surface area contributed by atoms with Crippen LogP contribution in [0.15, 0.2) is 42.0 Å². The van der Waals surface area contributed by atoms with Gasteiger partial charge < -0.3 is 20.8 Å². The summed E-state index contributed by atoms with van der Waals surface area (Å²) in [5, 5.41) is 23.4. The molecule has 0 fully saturated rings. The van der Waals surface area contributed by atoms with Crippen LogP contribution in [0, 0.1) is 0 Å². The minimum atomic E-state index is -0.190. The van der Waals surface area contributed by atoms with Gasteiger partial charge in [0, 0.05) is 24.7 Å². The highest BCUT2D eigenvalue weighted by Gasteiger charge is 2.02. The van der Waals surface area contributed by atoms with Crippen molar-refractivity contribution in [3.05, 3.63) is 47.6 Å². The Labute approximate surface area is 141 Å². The third-order valence-electron chi connectivity index (χ3n) is 3.26. The van der Waals surface area contributed by atoms with Gasteiger partial charge in [-0.25, -0.2) is 0 Å². The molecule has 0 saturated carbocycles. The van der Waals surface area contributed by atoms with Crippen molar-refractivity contribution in [1.82, 2.24) is 10.6 Å². The van der Waals surface area contributed by atoms with Crippen LogP contribution in [0.1, 0.15) is 25.3 Å². The smallest absolute Gasteiger partial charge is 0.246 e. The molecule has 1 aromatic rings. The van der Waals surface area contributed by atoms with Crippen LogP contribution in [0.25, 0.3) is 6.08 Å². The normalized spacial score (nSPS) is 11.5. The molecule has 0 unspecified atom stereocenters. The van der Waals surface area contributed by atoms with E-state index in [9.17, 15) is 9.59 Å². The Morgan fingerprint density at radius 3 is 2.33 bits per heavy atom. The molecule has 24 heavy (non-hydrogen) atoms. The van der Waals surface area contributed by atoms with Crippen molar-refractivity contribution in [2.75, 3.05) is 19.7 Å². The number of hydrogen-bond donors (Lipinski definition) is 4. The van der Waals surface area contributed by atoms with Crippen molar-refractivity contribution in [2.24, 2.45) is 0 Å². The summed E-state index contributed by atoms with van der Waals surface area (Å²) in [7, 11) is 0. The van der Waals surface area contributed by atoms with Gasteiger partial charge in [0.15, 0.2) is 0 Å². The average Bonchev–Trinajstić information content (AvgIpc) is 2.57. The number of rotatable bonds is 9. The maximum atomic E-state index is 11.6. The van der Waals surface area contributed by atoms with Crippen molar-refractivity contribution >= 4 is 17.9 Å². The van der Waals surface area contributed by atoms with Gasteiger partial charge in [0.25, 0.3) is 0 Å². The van der Waals surface area contributed by atoms with Crippen LogP contribution in [0.3, 0.4) is 0 Å². The summed E-state index contributed by atoms with van der Waals surface area (Å²) < 4.78 is 0. The standard InChI is InChI=1S/C18H24N2O4/c1-14(10-13-21)18(24)20-12-3-2-11-19-17(23)9-6-15-4-7-16(22)8-5-15/h4-10,21-22H,2-3,11-13H2,1H3,(H,19,23)(H,20,24)/b9-6+,14-10+. The first-order chi connectivity index (χ1) is 11.5. The Kier molecular flexibility index (Phi) is 8.93. The summed E-state index contributed by atoms with van der Waals surface area (Å²) in [5.74, 6) is -0.190. The van der Waals surface area contributed by atoms with E-state index in [0.29, 0.717) is 18.7 Å². The van der Waals surface area contributed by atoms with Gasteiger partial charge in [0.2, 0.25) is 11.8 Å². The lowest BCUT2D eigenvalue weighted by atomic mass is 10.2. The summed E-state index contributed by atoms with van der Waals surface area (Å²) in [6, 6.07) is 6.55. The van der Waals surface area contributed by atoms with E-state index in [4.69, 9.17) is 10.2 Å². The molecule has 0 radical (unpaired) electrons. The van der Waals surface area contributed by atoms with Crippen LogP contribution in [0.2, 0.25) is 0 Å².